The Morgan fingerprint density at radius 1 is 1.00 bits per heavy atom. The summed E-state index contributed by atoms with van der Waals surface area (Å²) in [5, 5.41) is 2.99. The highest BCUT2D eigenvalue weighted by atomic mass is 35.5. The summed E-state index contributed by atoms with van der Waals surface area (Å²) >= 11 is 6.47. The molecule has 3 aromatic carbocycles. The number of aromatic amines is 1. The molecule has 4 rings (SSSR count). The van der Waals surface area contributed by atoms with Crippen LogP contribution >= 0.6 is 11.6 Å². The number of fused-ring (bicyclic) bond motifs is 2. The first-order valence-corrected chi connectivity index (χ1v) is 8.99. The fraction of sp³-hybridized carbons (Fsp3) is 0.0909. The van der Waals surface area contributed by atoms with Crippen molar-refractivity contribution in [3.63, 3.8) is 0 Å². The van der Waals surface area contributed by atoms with E-state index in [0.717, 1.165) is 16.3 Å². The average molecular weight is 393 g/mol. The molecule has 0 spiro atoms. The second-order valence-corrected chi connectivity index (χ2v) is 6.64. The van der Waals surface area contributed by atoms with Crippen molar-refractivity contribution in [3.8, 4) is 11.5 Å². The zero-order chi connectivity index (χ0) is 19.7. The zero-order valence-corrected chi connectivity index (χ0v) is 16.1. The van der Waals surface area contributed by atoms with E-state index in [4.69, 9.17) is 21.1 Å². The maximum atomic E-state index is 12.5. The molecule has 0 aliphatic carbocycles. The van der Waals surface area contributed by atoms with Gasteiger partial charge in [0.25, 0.3) is 5.56 Å². The van der Waals surface area contributed by atoms with Crippen molar-refractivity contribution < 1.29 is 9.47 Å². The van der Waals surface area contributed by atoms with Gasteiger partial charge in [-0.3, -0.25) is 4.79 Å². The smallest absolute Gasteiger partial charge is 0.259 e. The molecule has 1 aromatic heterocycles. The predicted molar refractivity (Wildman–Crippen MR) is 113 cm³/mol. The summed E-state index contributed by atoms with van der Waals surface area (Å²) in [7, 11) is 3.05. The first-order valence-electron chi connectivity index (χ1n) is 8.61. The summed E-state index contributed by atoms with van der Waals surface area (Å²) in [6, 6.07) is 17.4. The van der Waals surface area contributed by atoms with Crippen LogP contribution in [0.3, 0.4) is 0 Å². The van der Waals surface area contributed by atoms with Crippen LogP contribution in [0.4, 0.5) is 0 Å². The minimum absolute atomic E-state index is 0.291. The van der Waals surface area contributed by atoms with Gasteiger partial charge in [-0.05, 0) is 34.5 Å². The van der Waals surface area contributed by atoms with Crippen LogP contribution in [0.15, 0.2) is 59.4 Å². The van der Waals surface area contributed by atoms with Crippen LogP contribution in [0.2, 0.25) is 0 Å². The molecular weight excluding hydrogens is 376 g/mol. The molecule has 1 N–H and O–H groups in total. The molecule has 140 valence electrons. The largest absolute Gasteiger partial charge is 0.493 e. The van der Waals surface area contributed by atoms with Crippen molar-refractivity contribution in [3.05, 3.63) is 76.3 Å². The second kappa shape index (κ2) is 7.37. The lowest BCUT2D eigenvalue weighted by atomic mass is 10.1. The maximum absolute atomic E-state index is 12.5. The van der Waals surface area contributed by atoms with E-state index in [0.29, 0.717) is 33.3 Å². The van der Waals surface area contributed by atoms with Gasteiger partial charge >= 0.3 is 0 Å². The topological polar surface area (TPSA) is 64.2 Å². The lowest BCUT2D eigenvalue weighted by Gasteiger charge is -2.09. The number of hydrogen-bond donors (Lipinski definition) is 1. The number of ether oxygens (including phenoxy) is 2. The number of H-pyrrole nitrogens is 1. The molecule has 0 saturated heterocycles. The van der Waals surface area contributed by atoms with Crippen molar-refractivity contribution in [2.45, 2.75) is 0 Å². The lowest BCUT2D eigenvalue weighted by Crippen LogP contribution is -2.11. The Balaban J connectivity index is 1.80. The SMILES string of the molecule is COc1cc2nc(/C(Cl)=C/c3ccc4ccccc4c3)[nH]c(=O)c2cc1OC. The van der Waals surface area contributed by atoms with Crippen molar-refractivity contribution >= 4 is 44.4 Å². The van der Waals surface area contributed by atoms with Gasteiger partial charge in [-0.2, -0.15) is 0 Å². The Morgan fingerprint density at radius 3 is 2.46 bits per heavy atom. The molecule has 0 radical (unpaired) electrons. The molecule has 6 heteroatoms. The number of nitrogens with zero attached hydrogens (tertiary/aromatic N) is 1. The zero-order valence-electron chi connectivity index (χ0n) is 15.3. The molecule has 0 aliphatic rings. The fourth-order valence-electron chi connectivity index (χ4n) is 3.09. The van der Waals surface area contributed by atoms with Gasteiger partial charge in [0.15, 0.2) is 17.3 Å². The van der Waals surface area contributed by atoms with Crippen LogP contribution in [0.25, 0.3) is 32.8 Å². The normalized spacial score (nSPS) is 11.8. The van der Waals surface area contributed by atoms with Crippen molar-refractivity contribution in [1.82, 2.24) is 9.97 Å². The third-order valence-electron chi connectivity index (χ3n) is 4.50. The Bertz CT molecular complexity index is 1280. The van der Waals surface area contributed by atoms with Crippen molar-refractivity contribution in [1.29, 1.82) is 0 Å². The molecule has 0 amide bonds. The number of benzene rings is 3. The minimum Gasteiger partial charge on any atom is -0.493 e. The first kappa shape index (κ1) is 18.1. The Morgan fingerprint density at radius 2 is 1.71 bits per heavy atom. The van der Waals surface area contributed by atoms with E-state index in [1.54, 1.807) is 18.2 Å². The molecule has 28 heavy (non-hydrogen) atoms. The molecule has 0 unspecified atom stereocenters. The lowest BCUT2D eigenvalue weighted by molar-refractivity contribution is 0.355. The van der Waals surface area contributed by atoms with Crippen molar-refractivity contribution in [2.75, 3.05) is 14.2 Å². The van der Waals surface area contributed by atoms with Crippen molar-refractivity contribution in [2.24, 2.45) is 0 Å². The molecule has 1 heterocycles. The number of aromatic nitrogens is 2. The van der Waals surface area contributed by atoms with E-state index in [1.807, 2.05) is 36.4 Å². The van der Waals surface area contributed by atoms with Gasteiger partial charge in [0.2, 0.25) is 0 Å². The highest BCUT2D eigenvalue weighted by Crippen LogP contribution is 2.31. The van der Waals surface area contributed by atoms with Gasteiger partial charge in [-0.1, -0.05) is 48.0 Å². The summed E-state index contributed by atoms with van der Waals surface area (Å²) in [5.41, 5.74) is 1.09. The molecule has 0 bridgehead atoms. The van der Waals surface area contributed by atoms with Gasteiger partial charge in [-0.25, -0.2) is 4.98 Å². The summed E-state index contributed by atoms with van der Waals surface area (Å²) in [5.74, 6) is 1.25. The third-order valence-corrected chi connectivity index (χ3v) is 4.79. The standard InChI is InChI=1S/C22H17ClN2O3/c1-27-19-11-16-18(12-20(19)28-2)24-21(25-22(16)26)17(23)10-13-7-8-14-5-3-4-6-15(14)9-13/h3-12H,1-2H3,(H,24,25,26)/b17-10-. The minimum atomic E-state index is -0.300. The monoisotopic (exact) mass is 392 g/mol. The van der Waals surface area contributed by atoms with Gasteiger partial charge in [0, 0.05) is 6.07 Å². The van der Waals surface area contributed by atoms with Gasteiger partial charge in [0.05, 0.1) is 30.2 Å². The highest BCUT2D eigenvalue weighted by Gasteiger charge is 2.12. The molecule has 0 fully saturated rings. The van der Waals surface area contributed by atoms with E-state index in [2.05, 4.69) is 16.0 Å². The number of methoxy groups -OCH3 is 2. The van der Waals surface area contributed by atoms with Gasteiger partial charge in [0.1, 0.15) is 0 Å². The first-order chi connectivity index (χ1) is 13.6. The van der Waals surface area contributed by atoms with Gasteiger partial charge in [-0.15, -0.1) is 0 Å². The van der Waals surface area contributed by atoms with Crippen LogP contribution in [-0.2, 0) is 0 Å². The predicted octanol–water partition coefficient (Wildman–Crippen LogP) is 4.83. The van der Waals surface area contributed by atoms with Crippen LogP contribution < -0.4 is 15.0 Å². The van der Waals surface area contributed by atoms with Crippen LogP contribution in [0, 0.1) is 0 Å². The summed E-state index contributed by atoms with van der Waals surface area (Å²) < 4.78 is 10.5. The van der Waals surface area contributed by atoms with E-state index in [9.17, 15) is 4.79 Å². The summed E-state index contributed by atoms with van der Waals surface area (Å²) in [6.07, 6.45) is 1.78. The molecule has 5 nitrogen and oxygen atoms in total. The molecular formula is C22H17ClN2O3. The van der Waals surface area contributed by atoms with E-state index in [-0.39, 0.29) is 5.56 Å². The fourth-order valence-corrected chi connectivity index (χ4v) is 3.31. The molecule has 0 atom stereocenters. The molecule has 0 saturated carbocycles. The number of halogens is 1. The van der Waals surface area contributed by atoms with E-state index in [1.165, 1.54) is 14.2 Å². The third kappa shape index (κ3) is 3.32. The molecule has 4 aromatic rings. The van der Waals surface area contributed by atoms with Crippen LogP contribution in [-0.4, -0.2) is 24.2 Å². The highest BCUT2D eigenvalue weighted by molar-refractivity contribution is 6.50. The van der Waals surface area contributed by atoms with E-state index < -0.39 is 0 Å². The Hall–Kier alpha value is -3.31. The Labute approximate surface area is 166 Å². The number of rotatable bonds is 4. The van der Waals surface area contributed by atoms with Crippen LogP contribution in [0.1, 0.15) is 11.4 Å². The number of nitrogens with one attached hydrogen (secondary N) is 1. The average Bonchev–Trinajstić information content (AvgIpc) is 2.72. The van der Waals surface area contributed by atoms with Gasteiger partial charge < -0.3 is 14.5 Å². The van der Waals surface area contributed by atoms with Crippen LogP contribution in [0.5, 0.6) is 11.5 Å². The summed E-state index contributed by atoms with van der Waals surface area (Å²) in [6.45, 7) is 0. The quantitative estimate of drug-likeness (QED) is 0.540. The van der Waals surface area contributed by atoms with E-state index >= 15 is 0 Å². The maximum Gasteiger partial charge on any atom is 0.259 e. The Kier molecular flexibility index (Phi) is 4.75. The molecule has 0 aliphatic heterocycles. The summed E-state index contributed by atoms with van der Waals surface area (Å²) in [4.78, 5) is 19.7. The number of hydrogen-bond acceptors (Lipinski definition) is 4. The second-order valence-electron chi connectivity index (χ2n) is 6.24.